The number of amidine groups is 1. The number of alkyl halides is 5. The van der Waals surface area contributed by atoms with Crippen LogP contribution in [0.4, 0.5) is 36.8 Å². The molecule has 2 heterocycles. The molecule has 3 N–H and O–H groups in total. The maximum absolute atomic E-state index is 16.1. The van der Waals surface area contributed by atoms with Gasteiger partial charge in [-0.15, -0.1) is 0 Å². The lowest BCUT2D eigenvalue weighted by Crippen LogP contribution is -2.47. The van der Waals surface area contributed by atoms with Gasteiger partial charge in [0.1, 0.15) is 24.5 Å². The summed E-state index contributed by atoms with van der Waals surface area (Å²) in [4.78, 5) is 31.8. The monoisotopic (exact) mass is 845 g/mol. The van der Waals surface area contributed by atoms with Gasteiger partial charge in [-0.3, -0.25) is 20.1 Å². The normalized spacial score (nSPS) is 18.5. The second-order valence-corrected chi connectivity index (χ2v) is 16.9. The summed E-state index contributed by atoms with van der Waals surface area (Å²) in [6.45, 7) is 6.02. The van der Waals surface area contributed by atoms with E-state index in [4.69, 9.17) is 21.7 Å². The molecule has 1 aliphatic heterocycles. The number of guanidine groups is 1. The first kappa shape index (κ1) is 43.0. The number of hydrogen-bond acceptors (Lipinski definition) is 9. The van der Waals surface area contributed by atoms with E-state index in [1.54, 1.807) is 26.1 Å². The number of aliphatic imine (C=N–C) groups is 1. The fourth-order valence-corrected chi connectivity index (χ4v) is 8.08. The molecular weight excluding hydrogens is 808 g/mol. The van der Waals surface area contributed by atoms with E-state index in [2.05, 4.69) is 27.2 Å². The summed E-state index contributed by atoms with van der Waals surface area (Å²) in [7, 11) is -2.68. The van der Waals surface area contributed by atoms with E-state index in [0.29, 0.717) is 17.9 Å². The largest absolute Gasteiger partial charge is 0.447 e. The van der Waals surface area contributed by atoms with Crippen molar-refractivity contribution < 1.29 is 49.1 Å². The third-order valence-electron chi connectivity index (χ3n) is 8.97. The Labute approximate surface area is 328 Å². The van der Waals surface area contributed by atoms with Gasteiger partial charge >= 0.3 is 12.3 Å². The van der Waals surface area contributed by atoms with Gasteiger partial charge in [0.05, 0.1) is 34.4 Å². The first-order valence-corrected chi connectivity index (χ1v) is 19.0. The van der Waals surface area contributed by atoms with Gasteiger partial charge in [0.15, 0.2) is 11.8 Å². The van der Waals surface area contributed by atoms with E-state index in [9.17, 15) is 40.0 Å². The fraction of sp³-hybridized carbons (Fsp3) is 0.429. The van der Waals surface area contributed by atoms with E-state index in [0.717, 1.165) is 22.1 Å². The number of hydrogen-bond donors (Lipinski definition) is 3. The number of carbonyl (C=O) groups is 2. The topological polar surface area (TPSA) is 174 Å². The maximum Gasteiger partial charge on any atom is 0.407 e. The van der Waals surface area contributed by atoms with Gasteiger partial charge in [-0.25, -0.2) is 31.4 Å². The van der Waals surface area contributed by atoms with Crippen LogP contribution >= 0.6 is 11.6 Å². The van der Waals surface area contributed by atoms with Crippen LogP contribution in [0.5, 0.6) is 0 Å². The number of carbonyl (C=O) groups excluding carboxylic acids is 2. The Morgan fingerprint density at radius 2 is 1.89 bits per heavy atom. The molecule has 1 aromatic heterocycles. The summed E-state index contributed by atoms with van der Waals surface area (Å²) in [5.74, 6) is -3.21. The van der Waals surface area contributed by atoms with Crippen LogP contribution in [0.2, 0.25) is 5.02 Å². The van der Waals surface area contributed by atoms with E-state index >= 15 is 4.39 Å². The van der Waals surface area contributed by atoms with Crippen LogP contribution in [0.3, 0.4) is 0 Å². The molecule has 2 aromatic carbocycles. The van der Waals surface area contributed by atoms with Gasteiger partial charge in [0.25, 0.3) is 22.4 Å². The Hall–Kier alpha value is -5.18. The highest BCUT2D eigenvalue weighted by Crippen LogP contribution is 2.44. The number of halogens is 7. The number of amides is 2. The molecule has 22 heteroatoms. The van der Waals surface area contributed by atoms with Gasteiger partial charge in [-0.05, 0) is 54.0 Å². The van der Waals surface area contributed by atoms with E-state index in [-0.39, 0.29) is 39.4 Å². The molecule has 0 bridgehead atoms. The van der Waals surface area contributed by atoms with Crippen molar-refractivity contribution in [3.8, 4) is 11.1 Å². The number of anilines is 1. The predicted molar refractivity (Wildman–Crippen MR) is 199 cm³/mol. The summed E-state index contributed by atoms with van der Waals surface area (Å²) in [6, 6.07) is 5.97. The number of hydrazone groups is 1. The molecule has 0 radical (unpaired) electrons. The summed E-state index contributed by atoms with van der Waals surface area (Å²) < 4.78 is 114. The van der Waals surface area contributed by atoms with E-state index < -0.39 is 87.6 Å². The molecule has 1 aliphatic carbocycles. The smallest absolute Gasteiger partial charge is 0.407 e. The molecule has 2 fully saturated rings. The molecule has 2 aliphatic rings. The molecule has 1 saturated carbocycles. The quantitative estimate of drug-likeness (QED) is 0.0765. The predicted octanol–water partition coefficient (Wildman–Crippen LogP) is 6.43. The average molecular weight is 846 g/mol. The van der Waals surface area contributed by atoms with E-state index in [1.807, 2.05) is 0 Å². The van der Waals surface area contributed by atoms with Crippen LogP contribution < -0.4 is 15.6 Å². The zero-order chi connectivity index (χ0) is 42.2. The van der Waals surface area contributed by atoms with Crippen molar-refractivity contribution in [2.75, 3.05) is 25.2 Å². The molecule has 1 saturated heterocycles. The molecule has 14 nitrogen and oxygen atoms in total. The van der Waals surface area contributed by atoms with Crippen LogP contribution in [-0.2, 0) is 25.1 Å². The molecule has 0 spiro atoms. The van der Waals surface area contributed by atoms with Crippen molar-refractivity contribution in [1.82, 2.24) is 24.7 Å². The minimum Gasteiger partial charge on any atom is -0.447 e. The number of nitrogens with zero attached hydrogens (tertiary/aromatic N) is 6. The summed E-state index contributed by atoms with van der Waals surface area (Å²) >= 11 is 6.38. The summed E-state index contributed by atoms with van der Waals surface area (Å²) in [5.41, 5.74) is -2.69. The minimum atomic E-state index is -4.79. The Balaban J connectivity index is 1.59. The lowest BCUT2D eigenvalue weighted by atomic mass is 9.75. The summed E-state index contributed by atoms with van der Waals surface area (Å²) in [5, 5.41) is 20.9. The van der Waals surface area contributed by atoms with Gasteiger partial charge in [0.2, 0.25) is 0 Å². The zero-order valence-electron chi connectivity index (χ0n) is 30.9. The van der Waals surface area contributed by atoms with Gasteiger partial charge in [-0.1, -0.05) is 50.6 Å². The van der Waals surface area contributed by atoms with E-state index in [1.165, 1.54) is 42.7 Å². The van der Waals surface area contributed by atoms with Gasteiger partial charge in [0, 0.05) is 24.9 Å². The van der Waals surface area contributed by atoms with Crippen LogP contribution in [-0.4, -0.2) is 91.1 Å². The standard InChI is InChI=1S/C35H38ClF6N9O5S/c1-33(2,3)17-34(21-7-10-23(25(37)13-21)20-14-47-49(15-20)57(54,55)22-8-9-22)30(52)50(31(43)48-34)27(16-56-32(53)46-18-35(40,41)42)19-6-11-24(36)26(12-19)51(45-5)29(44-4)28(38)39/h6-7,10-15,22,27-28H,5,8-9,16-18H2,1-4H3,(H2,43,48)(H,46,53)/b44-29-/t27-,34-/m1/s1. The number of alkyl carbamates (subject to hydrolysis) is 1. The molecule has 2 amide bonds. The average Bonchev–Trinajstić information content (AvgIpc) is 3.82. The second kappa shape index (κ2) is 16.0. The third kappa shape index (κ3) is 9.19. The molecule has 5 rings (SSSR count). The first-order chi connectivity index (χ1) is 26.5. The lowest BCUT2D eigenvalue weighted by Gasteiger charge is -2.35. The highest BCUT2D eigenvalue weighted by Gasteiger charge is 2.55. The SMILES string of the molecule is C=NN(/C(=N\C)C(F)F)c1cc([C@@H](COC(=O)NCC(F)(F)F)N2C(=N)N[C@](CC(C)(C)C)(c3ccc(-c4cnn(S(=O)(=O)C5CC5)c4)c(F)c3)C2=O)ccc1Cl. The maximum atomic E-state index is 16.1. The van der Waals surface area contributed by atoms with Crippen molar-refractivity contribution in [3.63, 3.8) is 0 Å². The molecule has 308 valence electrons. The Kier molecular flexibility index (Phi) is 12.0. The Morgan fingerprint density at radius 3 is 2.46 bits per heavy atom. The molecule has 2 atom stereocenters. The zero-order valence-corrected chi connectivity index (χ0v) is 32.4. The fourth-order valence-electron chi connectivity index (χ4n) is 6.40. The number of nitrogens with one attached hydrogen (secondary N) is 3. The van der Waals surface area contributed by atoms with Crippen molar-refractivity contribution >= 4 is 57.8 Å². The number of rotatable bonds is 13. The Bertz CT molecular complexity index is 2210. The van der Waals surface area contributed by atoms with Crippen LogP contribution in [0.15, 0.2) is 58.9 Å². The highest BCUT2D eigenvalue weighted by molar-refractivity contribution is 7.90. The highest BCUT2D eigenvalue weighted by atomic mass is 35.5. The van der Waals surface area contributed by atoms with Crippen molar-refractivity contribution in [2.45, 2.75) is 69.5 Å². The van der Waals surface area contributed by atoms with Gasteiger partial charge in [-0.2, -0.15) is 27.5 Å². The van der Waals surface area contributed by atoms with Crippen molar-refractivity contribution in [2.24, 2.45) is 15.5 Å². The third-order valence-corrected chi connectivity index (χ3v) is 11.3. The minimum absolute atomic E-state index is 0.0115. The first-order valence-electron chi connectivity index (χ1n) is 17.1. The molecule has 57 heavy (non-hydrogen) atoms. The Morgan fingerprint density at radius 1 is 1.21 bits per heavy atom. The van der Waals surface area contributed by atoms with Crippen LogP contribution in [0.1, 0.15) is 57.2 Å². The molecule has 0 unspecified atom stereocenters. The lowest BCUT2D eigenvalue weighted by molar-refractivity contribution is -0.134. The molecule has 3 aromatic rings. The summed E-state index contributed by atoms with van der Waals surface area (Å²) in [6.07, 6.45) is -6.22. The van der Waals surface area contributed by atoms with Crippen LogP contribution in [0, 0.1) is 16.6 Å². The molecular formula is C35H38ClF6N9O5S. The number of benzene rings is 2. The number of aromatic nitrogens is 2. The van der Waals surface area contributed by atoms with Crippen LogP contribution in [0.25, 0.3) is 11.1 Å². The van der Waals surface area contributed by atoms with Crippen molar-refractivity contribution in [1.29, 1.82) is 5.41 Å². The van der Waals surface area contributed by atoms with Crippen molar-refractivity contribution in [3.05, 3.63) is 70.8 Å². The van der Waals surface area contributed by atoms with Gasteiger partial charge < -0.3 is 15.4 Å². The second-order valence-electron chi connectivity index (χ2n) is 14.5. The number of ether oxygens (including phenoxy) is 1.